The summed E-state index contributed by atoms with van der Waals surface area (Å²) in [4.78, 5) is 0.304. The average Bonchev–Trinajstić information content (AvgIpc) is 3.04. The van der Waals surface area contributed by atoms with Gasteiger partial charge in [0, 0.05) is 6.04 Å². The lowest BCUT2D eigenvalue weighted by atomic mass is 10.0. The lowest BCUT2D eigenvalue weighted by Gasteiger charge is -2.18. The molecule has 1 aliphatic carbocycles. The SMILES string of the molecule is COc1ccc(S(=O)(=O)N[C@@H](C)c2ccc3c(c2)CCC3)c(C)c1C. The number of nitrogens with one attached hydrogen (secondary N) is 1. The number of ether oxygens (including phenoxy) is 1. The molecule has 1 aliphatic rings. The predicted octanol–water partition coefficient (Wildman–Crippen LogP) is 3.84. The zero-order valence-electron chi connectivity index (χ0n) is 15.2. The summed E-state index contributed by atoms with van der Waals surface area (Å²) in [5.74, 6) is 0.697. The van der Waals surface area contributed by atoms with Crippen molar-refractivity contribution in [2.75, 3.05) is 7.11 Å². The molecule has 1 N–H and O–H groups in total. The van der Waals surface area contributed by atoms with E-state index in [1.54, 1.807) is 19.2 Å². The molecule has 4 nitrogen and oxygen atoms in total. The van der Waals surface area contributed by atoms with Crippen LogP contribution in [0, 0.1) is 13.8 Å². The van der Waals surface area contributed by atoms with Gasteiger partial charge < -0.3 is 4.74 Å². The molecule has 0 amide bonds. The molecule has 0 aromatic heterocycles. The molecule has 0 spiro atoms. The topological polar surface area (TPSA) is 55.4 Å². The summed E-state index contributed by atoms with van der Waals surface area (Å²) in [5, 5.41) is 0. The normalized spacial score (nSPS) is 15.0. The van der Waals surface area contributed by atoms with Crippen LogP contribution in [0.4, 0.5) is 0 Å². The van der Waals surface area contributed by atoms with Crippen LogP contribution in [-0.4, -0.2) is 15.5 Å². The number of hydrogen-bond donors (Lipinski definition) is 1. The summed E-state index contributed by atoms with van der Waals surface area (Å²) >= 11 is 0. The molecule has 0 bridgehead atoms. The Kier molecular flexibility index (Phi) is 4.89. The van der Waals surface area contributed by atoms with E-state index in [1.165, 1.54) is 17.5 Å². The van der Waals surface area contributed by atoms with E-state index >= 15 is 0 Å². The molecule has 5 heteroatoms. The standard InChI is InChI=1S/C20H25NO3S/c1-13-14(2)20(11-10-19(13)24-4)25(22,23)21-15(3)17-9-8-16-6-5-7-18(16)12-17/h8-12,15,21H,5-7H2,1-4H3/t15-/m0/s1. The molecule has 0 fully saturated rings. The molecule has 2 aromatic carbocycles. The maximum Gasteiger partial charge on any atom is 0.241 e. The van der Waals surface area contributed by atoms with Crippen LogP contribution in [0.1, 0.15) is 47.2 Å². The summed E-state index contributed by atoms with van der Waals surface area (Å²) in [5.41, 5.74) is 5.30. The van der Waals surface area contributed by atoms with E-state index in [1.807, 2.05) is 26.8 Å². The maximum atomic E-state index is 12.9. The first-order chi connectivity index (χ1) is 11.8. The fourth-order valence-electron chi connectivity index (χ4n) is 3.51. The fourth-order valence-corrected chi connectivity index (χ4v) is 5.04. The van der Waals surface area contributed by atoms with Gasteiger partial charge in [0.25, 0.3) is 0 Å². The average molecular weight is 359 g/mol. The summed E-state index contributed by atoms with van der Waals surface area (Å²) in [6.07, 6.45) is 3.39. The van der Waals surface area contributed by atoms with E-state index in [2.05, 4.69) is 16.9 Å². The van der Waals surface area contributed by atoms with Crippen LogP contribution in [0.2, 0.25) is 0 Å². The molecule has 0 radical (unpaired) electrons. The Hall–Kier alpha value is -1.85. The second-order valence-electron chi connectivity index (χ2n) is 6.74. The van der Waals surface area contributed by atoms with Crippen molar-refractivity contribution in [3.63, 3.8) is 0 Å². The Balaban J connectivity index is 1.87. The highest BCUT2D eigenvalue weighted by atomic mass is 32.2. The molecule has 25 heavy (non-hydrogen) atoms. The third kappa shape index (κ3) is 3.44. The Morgan fingerprint density at radius 1 is 1.04 bits per heavy atom. The summed E-state index contributed by atoms with van der Waals surface area (Å²) < 4.78 is 33.8. The summed E-state index contributed by atoms with van der Waals surface area (Å²) in [6.45, 7) is 5.57. The van der Waals surface area contributed by atoms with Crippen molar-refractivity contribution < 1.29 is 13.2 Å². The maximum absolute atomic E-state index is 12.9. The fraction of sp³-hybridized carbons (Fsp3) is 0.400. The third-order valence-corrected chi connectivity index (χ3v) is 6.84. The minimum absolute atomic E-state index is 0.280. The van der Waals surface area contributed by atoms with Crippen molar-refractivity contribution >= 4 is 10.0 Å². The van der Waals surface area contributed by atoms with Crippen molar-refractivity contribution in [1.29, 1.82) is 0 Å². The first-order valence-corrected chi connectivity index (χ1v) is 10.1. The number of sulfonamides is 1. The van der Waals surface area contributed by atoms with E-state index in [0.717, 1.165) is 24.0 Å². The van der Waals surface area contributed by atoms with Crippen LogP contribution in [0.25, 0.3) is 0 Å². The lowest BCUT2D eigenvalue weighted by molar-refractivity contribution is 0.410. The van der Waals surface area contributed by atoms with Gasteiger partial charge in [-0.25, -0.2) is 13.1 Å². The third-order valence-electron chi connectivity index (χ3n) is 5.15. The van der Waals surface area contributed by atoms with Gasteiger partial charge in [0.15, 0.2) is 0 Å². The number of benzene rings is 2. The second-order valence-corrected chi connectivity index (χ2v) is 8.42. The van der Waals surface area contributed by atoms with Gasteiger partial charge >= 0.3 is 0 Å². The van der Waals surface area contributed by atoms with Crippen LogP contribution in [0.3, 0.4) is 0 Å². The largest absolute Gasteiger partial charge is 0.496 e. The molecule has 0 saturated heterocycles. The van der Waals surface area contributed by atoms with Crippen molar-refractivity contribution in [3.8, 4) is 5.75 Å². The first-order valence-electron chi connectivity index (χ1n) is 8.61. The Labute approximate surface area is 150 Å². The van der Waals surface area contributed by atoms with Crippen LogP contribution < -0.4 is 9.46 Å². The Bertz CT molecular complexity index is 903. The molecule has 134 valence electrons. The smallest absolute Gasteiger partial charge is 0.241 e. The first kappa shape index (κ1) is 18.0. The lowest BCUT2D eigenvalue weighted by Crippen LogP contribution is -2.27. The van der Waals surface area contributed by atoms with Gasteiger partial charge in [-0.3, -0.25) is 0 Å². The highest BCUT2D eigenvalue weighted by molar-refractivity contribution is 7.89. The highest BCUT2D eigenvalue weighted by Crippen LogP contribution is 2.29. The second kappa shape index (κ2) is 6.81. The molecule has 2 aromatic rings. The Morgan fingerprint density at radius 3 is 2.48 bits per heavy atom. The predicted molar refractivity (Wildman–Crippen MR) is 99.7 cm³/mol. The van der Waals surface area contributed by atoms with E-state index in [4.69, 9.17) is 4.74 Å². The summed E-state index contributed by atoms with van der Waals surface area (Å²) in [7, 11) is -2.02. The zero-order chi connectivity index (χ0) is 18.2. The van der Waals surface area contributed by atoms with Crippen LogP contribution in [-0.2, 0) is 22.9 Å². The minimum Gasteiger partial charge on any atom is -0.496 e. The number of aryl methyl sites for hydroxylation is 2. The number of methoxy groups -OCH3 is 1. The van der Waals surface area contributed by atoms with Crippen molar-refractivity contribution in [2.45, 2.75) is 51.0 Å². The molecule has 0 saturated carbocycles. The van der Waals surface area contributed by atoms with Gasteiger partial charge in [0.1, 0.15) is 5.75 Å². The highest BCUT2D eigenvalue weighted by Gasteiger charge is 2.23. The van der Waals surface area contributed by atoms with E-state index in [0.29, 0.717) is 16.2 Å². The quantitative estimate of drug-likeness (QED) is 0.882. The molecule has 0 unspecified atom stereocenters. The molecular weight excluding hydrogens is 334 g/mol. The van der Waals surface area contributed by atoms with Crippen molar-refractivity contribution in [3.05, 3.63) is 58.1 Å². The van der Waals surface area contributed by atoms with E-state index in [9.17, 15) is 8.42 Å². The monoisotopic (exact) mass is 359 g/mol. The van der Waals surface area contributed by atoms with Gasteiger partial charge in [-0.1, -0.05) is 18.2 Å². The van der Waals surface area contributed by atoms with Gasteiger partial charge in [0.2, 0.25) is 10.0 Å². The van der Waals surface area contributed by atoms with E-state index < -0.39 is 10.0 Å². The van der Waals surface area contributed by atoms with Crippen LogP contribution in [0.15, 0.2) is 35.2 Å². The van der Waals surface area contributed by atoms with Crippen molar-refractivity contribution in [2.24, 2.45) is 0 Å². The number of fused-ring (bicyclic) bond motifs is 1. The minimum atomic E-state index is -3.61. The molecule has 3 rings (SSSR count). The van der Waals surface area contributed by atoms with Gasteiger partial charge in [-0.15, -0.1) is 0 Å². The zero-order valence-corrected chi connectivity index (χ0v) is 16.0. The molecular formula is C20H25NO3S. The molecule has 0 aliphatic heterocycles. The summed E-state index contributed by atoms with van der Waals surface area (Å²) in [6, 6.07) is 9.34. The number of hydrogen-bond acceptors (Lipinski definition) is 3. The van der Waals surface area contributed by atoms with Gasteiger partial charge in [-0.05, 0) is 80.0 Å². The van der Waals surface area contributed by atoms with E-state index in [-0.39, 0.29) is 6.04 Å². The molecule has 1 atom stereocenters. The van der Waals surface area contributed by atoms with Crippen LogP contribution >= 0.6 is 0 Å². The van der Waals surface area contributed by atoms with Crippen LogP contribution in [0.5, 0.6) is 5.75 Å². The van der Waals surface area contributed by atoms with Gasteiger partial charge in [-0.2, -0.15) is 0 Å². The number of rotatable bonds is 5. The van der Waals surface area contributed by atoms with Crippen molar-refractivity contribution in [1.82, 2.24) is 4.72 Å². The molecule has 0 heterocycles. The Morgan fingerprint density at radius 2 is 1.76 bits per heavy atom. The van der Waals surface area contributed by atoms with Gasteiger partial charge in [0.05, 0.1) is 12.0 Å².